The Balaban J connectivity index is 1.80. The fourth-order valence-corrected chi connectivity index (χ4v) is 2.93. The average molecular weight is 238 g/mol. The highest BCUT2D eigenvalue weighted by Gasteiger charge is 2.35. The second-order valence-electron chi connectivity index (χ2n) is 5.47. The minimum absolute atomic E-state index is 0.309. The van der Waals surface area contributed by atoms with E-state index in [4.69, 9.17) is 0 Å². The highest BCUT2D eigenvalue weighted by atomic mass is 16.2. The average Bonchev–Trinajstić information content (AvgIpc) is 3.16. The maximum atomic E-state index is 12.4. The first-order chi connectivity index (χ1) is 8.26. The van der Waals surface area contributed by atoms with Gasteiger partial charge in [-0.25, -0.2) is 0 Å². The van der Waals surface area contributed by atoms with E-state index in [1.165, 1.54) is 25.8 Å². The van der Waals surface area contributed by atoms with Crippen molar-refractivity contribution in [3.05, 3.63) is 0 Å². The van der Waals surface area contributed by atoms with Crippen LogP contribution in [0.5, 0.6) is 0 Å². The van der Waals surface area contributed by atoms with E-state index >= 15 is 0 Å². The van der Waals surface area contributed by atoms with Crippen LogP contribution in [0, 0.1) is 5.92 Å². The van der Waals surface area contributed by atoms with E-state index in [9.17, 15) is 4.79 Å². The maximum Gasteiger partial charge on any atom is 0.226 e. The van der Waals surface area contributed by atoms with Gasteiger partial charge in [0, 0.05) is 18.5 Å². The van der Waals surface area contributed by atoms with Crippen LogP contribution in [0.25, 0.3) is 0 Å². The summed E-state index contributed by atoms with van der Waals surface area (Å²) in [5.74, 6) is 0.745. The molecule has 0 radical (unpaired) electrons. The van der Waals surface area contributed by atoms with Crippen LogP contribution < -0.4 is 0 Å². The Labute approximate surface area is 105 Å². The van der Waals surface area contributed by atoms with Gasteiger partial charge in [0.1, 0.15) is 0 Å². The minimum atomic E-state index is 0.309. The third kappa shape index (κ3) is 3.21. The van der Waals surface area contributed by atoms with E-state index in [-0.39, 0.29) is 0 Å². The summed E-state index contributed by atoms with van der Waals surface area (Å²) in [6.45, 7) is 8.67. The largest absolute Gasteiger partial charge is 0.340 e. The molecule has 0 N–H and O–H groups in total. The molecular formula is C14H26N2O. The van der Waals surface area contributed by atoms with Gasteiger partial charge in [-0.3, -0.25) is 4.79 Å². The molecule has 98 valence electrons. The quantitative estimate of drug-likeness (QED) is 0.732. The summed E-state index contributed by atoms with van der Waals surface area (Å²) in [6.07, 6.45) is 5.83. The zero-order valence-electron chi connectivity index (χ0n) is 11.3. The van der Waals surface area contributed by atoms with E-state index in [2.05, 4.69) is 23.6 Å². The molecule has 1 saturated carbocycles. The lowest BCUT2D eigenvalue weighted by atomic mass is 9.95. The standard InChI is InChI=1S/C14H26N2O/c1-3-9-15-10-7-12(8-11-15)14(17)16(4-2)13-5-6-13/h12-13H,3-11H2,1-2H3. The Hall–Kier alpha value is -0.570. The Morgan fingerprint density at radius 1 is 1.18 bits per heavy atom. The van der Waals surface area contributed by atoms with Gasteiger partial charge in [-0.05, 0) is 58.7 Å². The molecule has 0 unspecified atom stereocenters. The number of amides is 1. The lowest BCUT2D eigenvalue weighted by molar-refractivity contribution is -0.137. The molecule has 0 aromatic rings. The van der Waals surface area contributed by atoms with Crippen LogP contribution in [0.3, 0.4) is 0 Å². The first kappa shape index (κ1) is 12.9. The Bertz CT molecular complexity index is 255. The van der Waals surface area contributed by atoms with Gasteiger partial charge in [0.15, 0.2) is 0 Å². The Kier molecular flexibility index (Phi) is 4.43. The molecule has 0 spiro atoms. The minimum Gasteiger partial charge on any atom is -0.340 e. The molecule has 1 aliphatic heterocycles. The first-order valence-electron chi connectivity index (χ1n) is 7.29. The van der Waals surface area contributed by atoms with Crippen molar-refractivity contribution in [1.82, 2.24) is 9.80 Å². The Morgan fingerprint density at radius 3 is 2.29 bits per heavy atom. The molecule has 0 bridgehead atoms. The van der Waals surface area contributed by atoms with Crippen molar-refractivity contribution in [2.75, 3.05) is 26.2 Å². The maximum absolute atomic E-state index is 12.4. The van der Waals surface area contributed by atoms with Crippen molar-refractivity contribution in [2.24, 2.45) is 5.92 Å². The lowest BCUT2D eigenvalue weighted by Crippen LogP contribution is -2.43. The number of carbonyl (C=O) groups excluding carboxylic acids is 1. The van der Waals surface area contributed by atoms with Crippen molar-refractivity contribution in [3.63, 3.8) is 0 Å². The van der Waals surface area contributed by atoms with E-state index in [1.54, 1.807) is 0 Å². The molecule has 1 amide bonds. The third-order valence-corrected chi connectivity index (χ3v) is 4.09. The van der Waals surface area contributed by atoms with Gasteiger partial charge in [-0.15, -0.1) is 0 Å². The highest BCUT2D eigenvalue weighted by Crippen LogP contribution is 2.30. The van der Waals surface area contributed by atoms with Crippen LogP contribution in [0.4, 0.5) is 0 Å². The SMILES string of the molecule is CCCN1CCC(C(=O)N(CC)C2CC2)CC1. The van der Waals surface area contributed by atoms with Crippen molar-refractivity contribution in [1.29, 1.82) is 0 Å². The number of rotatable bonds is 5. The van der Waals surface area contributed by atoms with Gasteiger partial charge < -0.3 is 9.80 Å². The molecule has 2 aliphatic rings. The molecule has 0 aromatic heterocycles. The van der Waals surface area contributed by atoms with Crippen LogP contribution >= 0.6 is 0 Å². The topological polar surface area (TPSA) is 23.6 Å². The van der Waals surface area contributed by atoms with Gasteiger partial charge in [-0.2, -0.15) is 0 Å². The summed E-state index contributed by atoms with van der Waals surface area (Å²) in [6, 6.07) is 0.584. The van der Waals surface area contributed by atoms with Crippen molar-refractivity contribution in [2.45, 2.75) is 52.0 Å². The lowest BCUT2D eigenvalue weighted by Gasteiger charge is -2.33. The van der Waals surface area contributed by atoms with Crippen molar-refractivity contribution < 1.29 is 4.79 Å². The number of hydrogen-bond donors (Lipinski definition) is 0. The van der Waals surface area contributed by atoms with Crippen LogP contribution in [-0.4, -0.2) is 47.9 Å². The molecule has 1 heterocycles. The monoisotopic (exact) mass is 238 g/mol. The van der Waals surface area contributed by atoms with E-state index in [0.717, 1.165) is 32.5 Å². The van der Waals surface area contributed by atoms with E-state index < -0.39 is 0 Å². The number of likely N-dealkylation sites (tertiary alicyclic amines) is 1. The molecule has 3 nitrogen and oxygen atoms in total. The zero-order valence-corrected chi connectivity index (χ0v) is 11.3. The number of hydrogen-bond acceptors (Lipinski definition) is 2. The summed E-state index contributed by atoms with van der Waals surface area (Å²) >= 11 is 0. The first-order valence-corrected chi connectivity index (χ1v) is 7.29. The van der Waals surface area contributed by atoms with Crippen LogP contribution in [0.2, 0.25) is 0 Å². The summed E-state index contributed by atoms with van der Waals surface area (Å²) in [7, 11) is 0. The fourth-order valence-electron chi connectivity index (χ4n) is 2.93. The number of nitrogens with zero attached hydrogens (tertiary/aromatic N) is 2. The second kappa shape index (κ2) is 5.85. The van der Waals surface area contributed by atoms with Gasteiger partial charge in [0.2, 0.25) is 5.91 Å². The molecule has 1 saturated heterocycles. The second-order valence-corrected chi connectivity index (χ2v) is 5.47. The Morgan fingerprint density at radius 2 is 1.82 bits per heavy atom. The summed E-state index contributed by atoms with van der Waals surface area (Å²) in [5, 5.41) is 0. The van der Waals surface area contributed by atoms with Gasteiger partial charge in [-0.1, -0.05) is 6.92 Å². The van der Waals surface area contributed by atoms with Crippen molar-refractivity contribution >= 4 is 5.91 Å². The number of carbonyl (C=O) groups is 1. The highest BCUT2D eigenvalue weighted by molar-refractivity contribution is 5.79. The molecule has 2 fully saturated rings. The molecule has 0 atom stereocenters. The van der Waals surface area contributed by atoms with Gasteiger partial charge >= 0.3 is 0 Å². The van der Waals surface area contributed by atoms with Crippen LogP contribution in [-0.2, 0) is 4.79 Å². The molecule has 17 heavy (non-hydrogen) atoms. The predicted molar refractivity (Wildman–Crippen MR) is 69.9 cm³/mol. The zero-order chi connectivity index (χ0) is 12.3. The summed E-state index contributed by atoms with van der Waals surface area (Å²) < 4.78 is 0. The third-order valence-electron chi connectivity index (χ3n) is 4.09. The molecule has 0 aromatic carbocycles. The predicted octanol–water partition coefficient (Wildman–Crippen LogP) is 2.12. The van der Waals surface area contributed by atoms with E-state index in [1.807, 2.05) is 0 Å². The smallest absolute Gasteiger partial charge is 0.226 e. The van der Waals surface area contributed by atoms with E-state index in [0.29, 0.717) is 17.9 Å². The van der Waals surface area contributed by atoms with Gasteiger partial charge in [0.25, 0.3) is 0 Å². The molecule has 2 rings (SSSR count). The number of piperidine rings is 1. The van der Waals surface area contributed by atoms with Crippen LogP contribution in [0.15, 0.2) is 0 Å². The molecular weight excluding hydrogens is 212 g/mol. The van der Waals surface area contributed by atoms with Gasteiger partial charge in [0.05, 0.1) is 0 Å². The fraction of sp³-hybridized carbons (Fsp3) is 0.929. The summed E-state index contributed by atoms with van der Waals surface area (Å²) in [4.78, 5) is 17.0. The molecule has 3 heteroatoms. The normalized spacial score (nSPS) is 22.7. The van der Waals surface area contributed by atoms with Crippen LogP contribution in [0.1, 0.15) is 46.0 Å². The summed E-state index contributed by atoms with van der Waals surface area (Å²) in [5.41, 5.74) is 0. The molecule has 1 aliphatic carbocycles. The van der Waals surface area contributed by atoms with Crippen molar-refractivity contribution in [3.8, 4) is 0 Å².